The van der Waals surface area contributed by atoms with Crippen molar-refractivity contribution in [3.63, 3.8) is 0 Å². The highest BCUT2D eigenvalue weighted by molar-refractivity contribution is 7.15. The lowest BCUT2D eigenvalue weighted by atomic mass is 10.1. The van der Waals surface area contributed by atoms with E-state index in [-0.39, 0.29) is 0 Å². The second kappa shape index (κ2) is 12.1. The molecule has 216 valence electrons. The van der Waals surface area contributed by atoms with Crippen molar-refractivity contribution in [1.82, 2.24) is 19.4 Å². The highest BCUT2D eigenvalue weighted by Crippen LogP contribution is 2.35. The van der Waals surface area contributed by atoms with Crippen LogP contribution in [0.4, 0.5) is 23.0 Å². The van der Waals surface area contributed by atoms with Crippen LogP contribution < -0.4 is 20.3 Å². The number of thiazole rings is 1. The van der Waals surface area contributed by atoms with Gasteiger partial charge in [0.15, 0.2) is 4.96 Å². The van der Waals surface area contributed by atoms with Gasteiger partial charge in [0.1, 0.15) is 11.4 Å². The van der Waals surface area contributed by atoms with Gasteiger partial charge in [0, 0.05) is 60.0 Å². The lowest BCUT2D eigenvalue weighted by Gasteiger charge is -2.28. The number of ether oxygens (including phenoxy) is 2. The number of benzene rings is 3. The second-order valence-electron chi connectivity index (χ2n) is 10.2. The largest absolute Gasteiger partial charge is 0.497 e. The molecule has 1 aliphatic rings. The maximum Gasteiger partial charge on any atom is 0.227 e. The van der Waals surface area contributed by atoms with E-state index in [4.69, 9.17) is 19.4 Å². The summed E-state index contributed by atoms with van der Waals surface area (Å²) < 4.78 is 12.9. The molecule has 0 saturated carbocycles. The molecule has 1 fully saturated rings. The summed E-state index contributed by atoms with van der Waals surface area (Å²) >= 11 is 1.60. The first-order valence-corrected chi connectivity index (χ1v) is 15.1. The first-order chi connectivity index (χ1) is 21.2. The number of hydrogen-bond acceptors (Lipinski definition) is 9. The summed E-state index contributed by atoms with van der Waals surface area (Å²) in [5.41, 5.74) is 7.86. The Morgan fingerprint density at radius 3 is 2.65 bits per heavy atom. The first-order valence-electron chi connectivity index (χ1n) is 14.2. The van der Waals surface area contributed by atoms with E-state index in [1.807, 2.05) is 41.9 Å². The van der Waals surface area contributed by atoms with E-state index in [1.54, 1.807) is 24.6 Å². The minimum Gasteiger partial charge on any atom is -0.497 e. The fraction of sp³-hybridized carbons (Fsp3) is 0.182. The molecule has 0 radical (unpaired) electrons. The van der Waals surface area contributed by atoms with Gasteiger partial charge in [-0.3, -0.25) is 4.40 Å². The number of fused-ring (bicyclic) bond motifs is 1. The fourth-order valence-electron chi connectivity index (χ4n) is 5.25. The summed E-state index contributed by atoms with van der Waals surface area (Å²) in [4.78, 5) is 17.7. The molecule has 9 nitrogen and oxygen atoms in total. The molecule has 0 amide bonds. The Kier molecular flexibility index (Phi) is 7.60. The fourth-order valence-corrected chi connectivity index (χ4v) is 5.97. The maximum absolute atomic E-state index is 5.48. The third-order valence-corrected chi connectivity index (χ3v) is 8.18. The first kappa shape index (κ1) is 26.9. The number of hydrogen-bond donors (Lipinski definition) is 2. The molecule has 4 heterocycles. The Bertz CT molecular complexity index is 1840. The minimum atomic E-state index is 0.529. The predicted octanol–water partition coefficient (Wildman–Crippen LogP) is 6.72. The summed E-state index contributed by atoms with van der Waals surface area (Å²) in [7, 11) is 1.68. The lowest BCUT2D eigenvalue weighted by Crippen LogP contribution is -2.36. The number of rotatable bonds is 9. The standard InChI is InChI=1S/C33H31N7O2S/c1-41-28-7-2-4-23(20-28)22-35-26-6-3-5-24(21-26)30-31(40-16-19-43-33(40)38-30)29-12-13-34-32(37-29)36-25-8-10-27(11-9-25)39-14-17-42-18-15-39/h2-13,16,19-21,35H,14-15,17-18,22H2,1H3,(H,34,36,37). The molecule has 0 aliphatic carbocycles. The van der Waals surface area contributed by atoms with Gasteiger partial charge in [0.2, 0.25) is 5.95 Å². The van der Waals surface area contributed by atoms with E-state index in [2.05, 4.69) is 73.4 Å². The van der Waals surface area contributed by atoms with Crippen molar-refractivity contribution in [2.24, 2.45) is 0 Å². The van der Waals surface area contributed by atoms with Gasteiger partial charge >= 0.3 is 0 Å². The molecule has 2 N–H and O–H groups in total. The van der Waals surface area contributed by atoms with E-state index in [0.717, 1.165) is 76.6 Å². The van der Waals surface area contributed by atoms with Crippen LogP contribution >= 0.6 is 11.3 Å². The molecular formula is C33H31N7O2S. The van der Waals surface area contributed by atoms with Gasteiger partial charge in [-0.25, -0.2) is 15.0 Å². The van der Waals surface area contributed by atoms with Crippen LogP contribution in [0, 0.1) is 0 Å². The summed E-state index contributed by atoms with van der Waals surface area (Å²) in [6.45, 7) is 4.02. The number of imidazole rings is 1. The average Bonchev–Trinajstić information content (AvgIpc) is 3.67. The third kappa shape index (κ3) is 5.88. The molecule has 1 saturated heterocycles. The number of aromatic nitrogens is 4. The number of nitrogens with one attached hydrogen (secondary N) is 2. The van der Waals surface area contributed by atoms with E-state index in [0.29, 0.717) is 12.5 Å². The van der Waals surface area contributed by atoms with Gasteiger partial charge in [0.25, 0.3) is 0 Å². The summed E-state index contributed by atoms with van der Waals surface area (Å²) in [5, 5.41) is 8.95. The van der Waals surface area contributed by atoms with Crippen molar-refractivity contribution < 1.29 is 9.47 Å². The molecule has 0 spiro atoms. The van der Waals surface area contributed by atoms with Crippen LogP contribution in [0.15, 0.2) is 96.6 Å². The van der Waals surface area contributed by atoms with Crippen molar-refractivity contribution in [3.8, 4) is 28.4 Å². The lowest BCUT2D eigenvalue weighted by molar-refractivity contribution is 0.122. The number of anilines is 4. The van der Waals surface area contributed by atoms with Gasteiger partial charge in [-0.15, -0.1) is 11.3 Å². The van der Waals surface area contributed by atoms with Crippen LogP contribution in [0.25, 0.3) is 27.6 Å². The molecule has 43 heavy (non-hydrogen) atoms. The average molecular weight is 590 g/mol. The number of methoxy groups -OCH3 is 1. The van der Waals surface area contributed by atoms with E-state index < -0.39 is 0 Å². The number of nitrogens with zero attached hydrogens (tertiary/aromatic N) is 5. The Morgan fingerprint density at radius 2 is 1.79 bits per heavy atom. The Morgan fingerprint density at radius 1 is 0.930 bits per heavy atom. The zero-order valence-electron chi connectivity index (χ0n) is 23.7. The van der Waals surface area contributed by atoms with Crippen LogP contribution in [-0.4, -0.2) is 52.8 Å². The van der Waals surface area contributed by atoms with Gasteiger partial charge in [-0.05, 0) is 60.2 Å². The molecule has 0 atom stereocenters. The minimum absolute atomic E-state index is 0.529. The summed E-state index contributed by atoms with van der Waals surface area (Å²) in [5.74, 6) is 1.38. The Balaban J connectivity index is 1.15. The topological polar surface area (TPSA) is 88.8 Å². The number of morpholine rings is 1. The maximum atomic E-state index is 5.48. The van der Waals surface area contributed by atoms with Crippen molar-refractivity contribution in [2.75, 3.05) is 48.9 Å². The van der Waals surface area contributed by atoms with E-state index in [1.165, 1.54) is 5.69 Å². The Labute approximate surface area is 253 Å². The van der Waals surface area contributed by atoms with Crippen LogP contribution in [0.5, 0.6) is 5.75 Å². The SMILES string of the molecule is COc1cccc(CNc2cccc(-c3nc4sccn4c3-c3ccnc(Nc4ccc(N5CCOCC5)cc4)n3)c2)c1. The van der Waals surface area contributed by atoms with E-state index in [9.17, 15) is 0 Å². The zero-order valence-corrected chi connectivity index (χ0v) is 24.6. The van der Waals surface area contributed by atoms with Crippen LogP contribution in [0.1, 0.15) is 5.56 Å². The van der Waals surface area contributed by atoms with Crippen molar-refractivity contribution >= 4 is 39.3 Å². The zero-order chi connectivity index (χ0) is 29.0. The molecule has 0 unspecified atom stereocenters. The molecule has 10 heteroatoms. The highest BCUT2D eigenvalue weighted by atomic mass is 32.1. The van der Waals surface area contributed by atoms with Crippen LogP contribution in [0.3, 0.4) is 0 Å². The molecule has 6 aromatic rings. The monoisotopic (exact) mass is 589 g/mol. The van der Waals surface area contributed by atoms with Gasteiger partial charge in [0.05, 0.1) is 31.7 Å². The van der Waals surface area contributed by atoms with Gasteiger partial charge < -0.3 is 25.0 Å². The summed E-state index contributed by atoms with van der Waals surface area (Å²) in [6.07, 6.45) is 3.82. The molecular weight excluding hydrogens is 558 g/mol. The molecule has 3 aromatic carbocycles. The second-order valence-corrected chi connectivity index (χ2v) is 11.1. The quantitative estimate of drug-likeness (QED) is 0.192. The van der Waals surface area contributed by atoms with Crippen LogP contribution in [0.2, 0.25) is 0 Å². The normalized spacial score (nSPS) is 13.3. The van der Waals surface area contributed by atoms with Gasteiger partial charge in [-0.1, -0.05) is 24.3 Å². The smallest absolute Gasteiger partial charge is 0.227 e. The van der Waals surface area contributed by atoms with Crippen molar-refractivity contribution in [1.29, 1.82) is 0 Å². The summed E-state index contributed by atoms with van der Waals surface area (Å²) in [6, 6.07) is 26.7. The predicted molar refractivity (Wildman–Crippen MR) is 173 cm³/mol. The molecule has 0 bridgehead atoms. The van der Waals surface area contributed by atoms with E-state index >= 15 is 0 Å². The highest BCUT2D eigenvalue weighted by Gasteiger charge is 2.19. The third-order valence-electron chi connectivity index (χ3n) is 7.43. The molecule has 3 aromatic heterocycles. The van der Waals surface area contributed by atoms with Crippen LogP contribution in [-0.2, 0) is 11.3 Å². The van der Waals surface area contributed by atoms with Crippen molar-refractivity contribution in [2.45, 2.75) is 6.54 Å². The van der Waals surface area contributed by atoms with Crippen molar-refractivity contribution in [3.05, 3.63) is 102 Å². The van der Waals surface area contributed by atoms with Gasteiger partial charge in [-0.2, -0.15) is 0 Å². The molecule has 1 aliphatic heterocycles. The molecule has 7 rings (SSSR count). The Hall–Kier alpha value is -4.93.